The molecule has 0 saturated heterocycles. The summed E-state index contributed by atoms with van der Waals surface area (Å²) >= 11 is 1.16. The number of hydrazine groups is 1. The number of hydrogen-bond donors (Lipinski definition) is 4. The van der Waals surface area contributed by atoms with E-state index in [4.69, 9.17) is 22.1 Å². The SMILES string of the molecule is Cc1cccc(N(N)C(=N)SC(CN)CO)c1. The van der Waals surface area contributed by atoms with Crippen LogP contribution in [0.5, 0.6) is 0 Å². The molecule has 0 saturated carbocycles. The molecule has 0 aliphatic heterocycles. The minimum atomic E-state index is -0.196. The van der Waals surface area contributed by atoms with Crippen LogP contribution in [-0.2, 0) is 0 Å². The number of anilines is 1. The smallest absolute Gasteiger partial charge is 0.175 e. The molecule has 94 valence electrons. The fourth-order valence-electron chi connectivity index (χ4n) is 1.27. The second-order valence-corrected chi connectivity index (χ2v) is 4.96. The average Bonchev–Trinajstić information content (AvgIpc) is 2.34. The number of hydrogen-bond acceptors (Lipinski definition) is 5. The van der Waals surface area contributed by atoms with Crippen molar-refractivity contribution in [2.24, 2.45) is 11.6 Å². The van der Waals surface area contributed by atoms with Crippen molar-refractivity contribution < 1.29 is 5.11 Å². The van der Waals surface area contributed by atoms with Gasteiger partial charge < -0.3 is 10.8 Å². The molecule has 0 heterocycles. The van der Waals surface area contributed by atoms with Crippen molar-refractivity contribution in [1.29, 1.82) is 5.41 Å². The summed E-state index contributed by atoms with van der Waals surface area (Å²) < 4.78 is 0. The number of benzene rings is 1. The van der Waals surface area contributed by atoms with E-state index in [1.807, 2.05) is 31.2 Å². The highest BCUT2D eigenvalue weighted by Gasteiger charge is 2.14. The standard InChI is InChI=1S/C11H18N4OS/c1-8-3-2-4-9(5-8)15(14)11(13)17-10(6-12)7-16/h2-5,10,13,16H,6-7,12,14H2,1H3. The minimum Gasteiger partial charge on any atom is -0.395 e. The van der Waals surface area contributed by atoms with Crippen LogP contribution in [0.25, 0.3) is 0 Å². The fourth-order valence-corrected chi connectivity index (χ4v) is 1.98. The lowest BCUT2D eigenvalue weighted by atomic mass is 10.2. The first-order valence-corrected chi connectivity index (χ1v) is 6.14. The van der Waals surface area contributed by atoms with Crippen LogP contribution in [0.3, 0.4) is 0 Å². The maximum atomic E-state index is 9.01. The summed E-state index contributed by atoms with van der Waals surface area (Å²) in [5.41, 5.74) is 7.28. The molecule has 17 heavy (non-hydrogen) atoms. The van der Waals surface area contributed by atoms with Gasteiger partial charge in [0.05, 0.1) is 12.3 Å². The van der Waals surface area contributed by atoms with Gasteiger partial charge in [-0.1, -0.05) is 23.9 Å². The van der Waals surface area contributed by atoms with Crippen LogP contribution in [0.4, 0.5) is 5.69 Å². The van der Waals surface area contributed by atoms with Crippen LogP contribution < -0.4 is 16.6 Å². The van der Waals surface area contributed by atoms with Gasteiger partial charge in [0.2, 0.25) is 0 Å². The number of nitrogens with two attached hydrogens (primary N) is 2. The molecule has 0 aromatic heterocycles. The zero-order valence-electron chi connectivity index (χ0n) is 9.76. The summed E-state index contributed by atoms with van der Waals surface area (Å²) in [5.74, 6) is 5.83. The maximum absolute atomic E-state index is 9.01. The number of nitrogens with one attached hydrogen (secondary N) is 1. The fraction of sp³-hybridized carbons (Fsp3) is 0.364. The molecule has 0 fully saturated rings. The van der Waals surface area contributed by atoms with Crippen LogP contribution >= 0.6 is 11.8 Å². The largest absolute Gasteiger partial charge is 0.395 e. The second kappa shape index (κ2) is 6.61. The van der Waals surface area contributed by atoms with E-state index >= 15 is 0 Å². The van der Waals surface area contributed by atoms with Gasteiger partial charge in [-0.15, -0.1) is 0 Å². The van der Waals surface area contributed by atoms with Crippen LogP contribution in [0.15, 0.2) is 24.3 Å². The highest BCUT2D eigenvalue weighted by Crippen LogP contribution is 2.19. The van der Waals surface area contributed by atoms with Gasteiger partial charge in [-0.2, -0.15) is 0 Å². The maximum Gasteiger partial charge on any atom is 0.175 e. The van der Waals surface area contributed by atoms with Crippen LogP contribution in [-0.4, -0.2) is 28.7 Å². The molecule has 1 aromatic carbocycles. The molecule has 0 amide bonds. The van der Waals surface area contributed by atoms with Gasteiger partial charge >= 0.3 is 0 Å². The zero-order chi connectivity index (χ0) is 12.8. The Balaban J connectivity index is 2.69. The minimum absolute atomic E-state index is 0.0643. The number of aliphatic hydroxyl groups excluding tert-OH is 1. The number of aryl methyl sites for hydroxylation is 1. The summed E-state index contributed by atoms with van der Waals surface area (Å²) in [5, 5.41) is 18.1. The molecule has 0 spiro atoms. The molecule has 1 atom stereocenters. The average molecular weight is 254 g/mol. The third kappa shape index (κ3) is 4.01. The molecule has 1 unspecified atom stereocenters. The Labute approximate surface area is 105 Å². The van der Waals surface area contributed by atoms with Gasteiger partial charge in [-0.05, 0) is 24.6 Å². The summed E-state index contributed by atoms with van der Waals surface area (Å²) in [6.07, 6.45) is 0. The zero-order valence-corrected chi connectivity index (χ0v) is 10.6. The van der Waals surface area contributed by atoms with Gasteiger partial charge in [0.25, 0.3) is 0 Å². The molecule has 1 rings (SSSR count). The summed E-state index contributed by atoms with van der Waals surface area (Å²) in [6.45, 7) is 2.21. The van der Waals surface area contributed by atoms with Crippen LogP contribution in [0.1, 0.15) is 5.56 Å². The Morgan fingerprint density at radius 1 is 1.59 bits per heavy atom. The Hall–Kier alpha value is -1.08. The molecule has 5 nitrogen and oxygen atoms in total. The van der Waals surface area contributed by atoms with E-state index in [1.165, 1.54) is 5.01 Å². The molecule has 0 aliphatic carbocycles. The lowest BCUT2D eigenvalue weighted by Gasteiger charge is -2.21. The Kier molecular flexibility index (Phi) is 5.43. The van der Waals surface area contributed by atoms with E-state index < -0.39 is 0 Å². The normalized spacial score (nSPS) is 12.2. The molecular weight excluding hydrogens is 236 g/mol. The van der Waals surface area contributed by atoms with Crippen LogP contribution in [0, 0.1) is 12.3 Å². The third-order valence-electron chi connectivity index (χ3n) is 2.24. The highest BCUT2D eigenvalue weighted by atomic mass is 32.2. The van der Waals surface area contributed by atoms with Crippen molar-refractivity contribution in [3.05, 3.63) is 29.8 Å². The van der Waals surface area contributed by atoms with E-state index in [0.29, 0.717) is 6.54 Å². The first-order valence-electron chi connectivity index (χ1n) is 5.26. The van der Waals surface area contributed by atoms with Crippen LogP contribution in [0.2, 0.25) is 0 Å². The monoisotopic (exact) mass is 254 g/mol. The Morgan fingerprint density at radius 2 is 2.29 bits per heavy atom. The quantitative estimate of drug-likeness (QED) is 0.274. The topological polar surface area (TPSA) is 99.4 Å². The number of nitrogens with zero attached hydrogens (tertiary/aromatic N) is 1. The summed E-state index contributed by atoms with van der Waals surface area (Å²) in [7, 11) is 0. The van der Waals surface area contributed by atoms with Crippen molar-refractivity contribution in [3.63, 3.8) is 0 Å². The Morgan fingerprint density at radius 3 is 2.82 bits per heavy atom. The van der Waals surface area contributed by atoms with Gasteiger partial charge in [-0.25, -0.2) is 5.84 Å². The van der Waals surface area contributed by atoms with E-state index in [2.05, 4.69) is 0 Å². The highest BCUT2D eigenvalue weighted by molar-refractivity contribution is 8.14. The number of rotatable bonds is 4. The second-order valence-electron chi connectivity index (χ2n) is 3.67. The lowest BCUT2D eigenvalue weighted by molar-refractivity contribution is 0.296. The van der Waals surface area contributed by atoms with Crippen molar-refractivity contribution in [3.8, 4) is 0 Å². The molecule has 0 bridgehead atoms. The van der Waals surface area contributed by atoms with Gasteiger partial charge in [0.15, 0.2) is 5.17 Å². The van der Waals surface area contributed by atoms with Gasteiger partial charge in [0.1, 0.15) is 0 Å². The van der Waals surface area contributed by atoms with E-state index in [1.54, 1.807) is 0 Å². The molecule has 6 heteroatoms. The molecule has 0 aliphatic rings. The molecule has 0 radical (unpaired) electrons. The van der Waals surface area contributed by atoms with Gasteiger partial charge in [-0.3, -0.25) is 10.4 Å². The van der Waals surface area contributed by atoms with Crippen molar-refractivity contribution in [1.82, 2.24) is 0 Å². The number of amidine groups is 1. The Bertz CT molecular complexity index is 381. The van der Waals surface area contributed by atoms with E-state index in [9.17, 15) is 0 Å². The van der Waals surface area contributed by atoms with Crippen molar-refractivity contribution >= 4 is 22.6 Å². The first kappa shape index (κ1) is 14.0. The predicted octanol–water partition coefficient (Wildman–Crippen LogP) is 0.663. The lowest BCUT2D eigenvalue weighted by Crippen LogP contribution is -2.37. The van der Waals surface area contributed by atoms with Crippen molar-refractivity contribution in [2.45, 2.75) is 12.2 Å². The molecule has 1 aromatic rings. The number of aliphatic hydroxyl groups is 1. The van der Waals surface area contributed by atoms with E-state index in [0.717, 1.165) is 23.0 Å². The van der Waals surface area contributed by atoms with Gasteiger partial charge in [0, 0.05) is 11.8 Å². The predicted molar refractivity (Wildman–Crippen MR) is 73.1 cm³/mol. The van der Waals surface area contributed by atoms with Crippen molar-refractivity contribution in [2.75, 3.05) is 18.2 Å². The first-order chi connectivity index (χ1) is 8.08. The van der Waals surface area contributed by atoms with E-state index in [-0.39, 0.29) is 17.0 Å². The third-order valence-corrected chi connectivity index (χ3v) is 3.34. The molecule has 6 N–H and O–H groups in total. The summed E-state index contributed by atoms with van der Waals surface area (Å²) in [6, 6.07) is 7.57. The summed E-state index contributed by atoms with van der Waals surface area (Å²) in [4.78, 5) is 0. The molecular formula is C11H18N4OS. The number of thioether (sulfide) groups is 1.